The molecule has 1 N–H and O–H groups in total. The van der Waals surface area contributed by atoms with Gasteiger partial charge in [0, 0.05) is 29.7 Å². The molecule has 138 valence electrons. The Morgan fingerprint density at radius 1 is 1.15 bits per heavy atom. The Balaban J connectivity index is 1.93. The maximum Gasteiger partial charge on any atom is 0.121 e. The van der Waals surface area contributed by atoms with Gasteiger partial charge in [0.15, 0.2) is 0 Å². The van der Waals surface area contributed by atoms with E-state index in [-0.39, 0.29) is 0 Å². The maximum absolute atomic E-state index is 9.97. The fourth-order valence-electron chi connectivity index (χ4n) is 3.92. The summed E-state index contributed by atoms with van der Waals surface area (Å²) >= 11 is 0. The highest BCUT2D eigenvalue weighted by Gasteiger charge is 2.27. The first-order chi connectivity index (χ1) is 13.3. The Kier molecular flexibility index (Phi) is 4.77. The highest BCUT2D eigenvalue weighted by atomic mass is 16.5. The van der Waals surface area contributed by atoms with Crippen molar-refractivity contribution < 1.29 is 4.74 Å². The van der Waals surface area contributed by atoms with Gasteiger partial charge < -0.3 is 14.6 Å². The lowest BCUT2D eigenvalue weighted by Crippen LogP contribution is -2.17. The summed E-state index contributed by atoms with van der Waals surface area (Å²) < 4.78 is 8.10. The fourth-order valence-corrected chi connectivity index (χ4v) is 3.92. The number of nitriles is 1. The first-order valence-electron chi connectivity index (χ1n) is 9.82. The predicted octanol–water partition coefficient (Wildman–Crippen LogP) is 5.74. The lowest BCUT2D eigenvalue weighted by molar-refractivity contribution is 0.322. The molecule has 0 unspecified atom stereocenters. The molecule has 4 heteroatoms. The molecule has 0 bridgehead atoms. The zero-order chi connectivity index (χ0) is 18.8. The molecule has 1 aromatic heterocycles. The number of hydrogen-bond donors (Lipinski definition) is 1. The molecule has 0 spiro atoms. The van der Waals surface area contributed by atoms with E-state index in [9.17, 15) is 5.26 Å². The molecule has 1 heterocycles. The molecule has 1 saturated carbocycles. The van der Waals surface area contributed by atoms with Crippen LogP contribution in [0.3, 0.4) is 0 Å². The number of rotatable bonds is 6. The van der Waals surface area contributed by atoms with Crippen molar-refractivity contribution in [2.75, 3.05) is 18.5 Å². The first-order valence-corrected chi connectivity index (χ1v) is 9.82. The third kappa shape index (κ3) is 3.04. The monoisotopic (exact) mass is 359 g/mol. The average molecular weight is 359 g/mol. The molecule has 1 fully saturated rings. The van der Waals surface area contributed by atoms with Crippen LogP contribution in [0.4, 0.5) is 5.69 Å². The Labute approximate surface area is 160 Å². The second kappa shape index (κ2) is 7.36. The van der Waals surface area contributed by atoms with Gasteiger partial charge in [0.05, 0.1) is 23.4 Å². The number of benzene rings is 2. The average Bonchev–Trinajstić information content (AvgIpc) is 2.95. The van der Waals surface area contributed by atoms with Crippen molar-refractivity contribution in [2.24, 2.45) is 0 Å². The minimum Gasteiger partial charge on any atom is -0.494 e. The van der Waals surface area contributed by atoms with Gasteiger partial charge >= 0.3 is 0 Å². The lowest BCUT2D eigenvalue weighted by atomic mass is 9.92. The van der Waals surface area contributed by atoms with E-state index in [0.717, 1.165) is 58.5 Å². The minimum absolute atomic E-state index is 0.454. The van der Waals surface area contributed by atoms with Gasteiger partial charge in [0.25, 0.3) is 0 Å². The molecule has 4 nitrogen and oxygen atoms in total. The van der Waals surface area contributed by atoms with E-state index in [4.69, 9.17) is 4.74 Å². The van der Waals surface area contributed by atoms with Gasteiger partial charge in [-0.2, -0.15) is 5.26 Å². The van der Waals surface area contributed by atoms with E-state index in [0.29, 0.717) is 12.6 Å². The molecule has 1 aliphatic rings. The Morgan fingerprint density at radius 2 is 1.93 bits per heavy atom. The first kappa shape index (κ1) is 17.5. The van der Waals surface area contributed by atoms with E-state index in [1.165, 1.54) is 6.42 Å². The minimum atomic E-state index is 0.454. The molecule has 0 saturated heterocycles. The van der Waals surface area contributed by atoms with Crippen molar-refractivity contribution in [1.29, 1.82) is 5.26 Å². The summed E-state index contributed by atoms with van der Waals surface area (Å²) in [7, 11) is 0. The van der Waals surface area contributed by atoms with Gasteiger partial charge in [0.2, 0.25) is 0 Å². The van der Waals surface area contributed by atoms with Crippen LogP contribution in [-0.2, 0) is 0 Å². The zero-order valence-corrected chi connectivity index (χ0v) is 16.0. The molecule has 0 amide bonds. The molecule has 0 radical (unpaired) electrons. The van der Waals surface area contributed by atoms with Crippen molar-refractivity contribution in [3.05, 3.63) is 48.0 Å². The summed E-state index contributed by atoms with van der Waals surface area (Å²) in [5.74, 6) is 0.863. The zero-order valence-electron chi connectivity index (χ0n) is 16.0. The number of hydrogen-bond acceptors (Lipinski definition) is 3. The number of fused-ring (bicyclic) bond motifs is 1. The van der Waals surface area contributed by atoms with Crippen LogP contribution < -0.4 is 10.1 Å². The number of nitrogens with zero attached hydrogens (tertiary/aromatic N) is 2. The van der Waals surface area contributed by atoms with E-state index >= 15 is 0 Å². The van der Waals surface area contributed by atoms with Gasteiger partial charge in [-0.05, 0) is 62.9 Å². The third-order valence-corrected chi connectivity index (χ3v) is 5.38. The van der Waals surface area contributed by atoms with E-state index in [1.54, 1.807) is 0 Å². The Morgan fingerprint density at radius 3 is 2.52 bits per heavy atom. The van der Waals surface area contributed by atoms with Crippen LogP contribution in [0, 0.1) is 11.3 Å². The summed E-state index contributed by atoms with van der Waals surface area (Å²) in [4.78, 5) is 0. The van der Waals surface area contributed by atoms with Crippen LogP contribution in [0.15, 0.2) is 42.5 Å². The van der Waals surface area contributed by atoms with Gasteiger partial charge in [-0.1, -0.05) is 12.1 Å². The highest BCUT2D eigenvalue weighted by Crippen LogP contribution is 2.43. The Bertz CT molecular complexity index is 991. The van der Waals surface area contributed by atoms with Gasteiger partial charge in [-0.3, -0.25) is 0 Å². The van der Waals surface area contributed by atoms with Crippen molar-refractivity contribution in [3.63, 3.8) is 0 Å². The van der Waals surface area contributed by atoms with Crippen LogP contribution in [0.2, 0.25) is 0 Å². The molecule has 3 aromatic rings. The van der Waals surface area contributed by atoms with Gasteiger partial charge in [-0.25, -0.2) is 0 Å². The van der Waals surface area contributed by atoms with E-state index < -0.39 is 0 Å². The maximum atomic E-state index is 9.97. The smallest absolute Gasteiger partial charge is 0.121 e. The van der Waals surface area contributed by atoms with E-state index in [2.05, 4.69) is 53.2 Å². The molecule has 0 aliphatic heterocycles. The second-order valence-corrected chi connectivity index (χ2v) is 7.01. The molecule has 2 aromatic carbocycles. The van der Waals surface area contributed by atoms with Crippen LogP contribution in [-0.4, -0.2) is 17.7 Å². The fraction of sp³-hybridized carbons (Fsp3) is 0.348. The van der Waals surface area contributed by atoms with Crippen LogP contribution in [0.1, 0.15) is 44.7 Å². The van der Waals surface area contributed by atoms with Crippen molar-refractivity contribution in [2.45, 2.75) is 39.2 Å². The van der Waals surface area contributed by atoms with Crippen molar-refractivity contribution in [1.82, 2.24) is 4.57 Å². The topological polar surface area (TPSA) is 50.0 Å². The highest BCUT2D eigenvalue weighted by molar-refractivity contribution is 5.95. The summed E-state index contributed by atoms with van der Waals surface area (Å²) in [5, 5.41) is 14.3. The summed E-state index contributed by atoms with van der Waals surface area (Å²) in [5.41, 5.74) is 5.09. The molecular weight excluding hydrogens is 334 g/mol. The van der Waals surface area contributed by atoms with Gasteiger partial charge in [-0.15, -0.1) is 0 Å². The van der Waals surface area contributed by atoms with Crippen LogP contribution >= 0.6 is 0 Å². The second-order valence-electron chi connectivity index (χ2n) is 7.01. The number of ether oxygens (including phenoxy) is 1. The van der Waals surface area contributed by atoms with E-state index in [1.807, 2.05) is 19.1 Å². The summed E-state index contributed by atoms with van der Waals surface area (Å²) in [6.07, 6.45) is 3.57. The number of nitrogens with one attached hydrogen (secondary N) is 1. The molecule has 0 atom stereocenters. The van der Waals surface area contributed by atoms with Crippen LogP contribution in [0.25, 0.3) is 22.2 Å². The summed E-state index contributed by atoms with van der Waals surface area (Å²) in [6, 6.07) is 17.4. The molecule has 1 aliphatic carbocycles. The Hall–Kier alpha value is -2.93. The summed E-state index contributed by atoms with van der Waals surface area (Å²) in [6.45, 7) is 5.62. The van der Waals surface area contributed by atoms with Crippen molar-refractivity contribution in [3.8, 4) is 23.1 Å². The lowest BCUT2D eigenvalue weighted by Gasteiger charge is -2.30. The molecular formula is C23H25N3O. The van der Waals surface area contributed by atoms with Crippen LogP contribution in [0.5, 0.6) is 5.75 Å². The molecule has 4 rings (SSSR count). The number of aromatic nitrogens is 1. The predicted molar refractivity (Wildman–Crippen MR) is 110 cm³/mol. The third-order valence-electron chi connectivity index (χ3n) is 5.38. The standard InChI is InChI=1S/C23H25N3O/c1-3-25-17-10-8-16(9-11-17)23-21(15-24)20-13-12-19(27-4-2)14-22(20)26(23)18-6-5-7-18/h8-14,18,25H,3-7H2,1-2H3. The normalized spacial score (nSPS) is 14.0. The molecule has 27 heavy (non-hydrogen) atoms. The van der Waals surface area contributed by atoms with Crippen molar-refractivity contribution >= 4 is 16.6 Å². The quantitative estimate of drug-likeness (QED) is 0.611. The number of anilines is 1. The largest absolute Gasteiger partial charge is 0.494 e. The van der Waals surface area contributed by atoms with Gasteiger partial charge in [0.1, 0.15) is 11.8 Å². The SMILES string of the molecule is CCNc1ccc(-c2c(C#N)c3ccc(OCC)cc3n2C2CCC2)cc1.